The zero-order chi connectivity index (χ0) is 16.9. The van der Waals surface area contributed by atoms with Gasteiger partial charge in [-0.2, -0.15) is 0 Å². The summed E-state index contributed by atoms with van der Waals surface area (Å²) in [6.45, 7) is 4.20. The lowest BCUT2D eigenvalue weighted by atomic mass is 9.88. The fraction of sp³-hybridized carbons (Fsp3) is 0.611. The van der Waals surface area contributed by atoms with Crippen LogP contribution in [0.5, 0.6) is 0 Å². The Morgan fingerprint density at radius 3 is 2.58 bits per heavy atom. The minimum absolute atomic E-state index is 0.113. The van der Waals surface area contributed by atoms with Gasteiger partial charge in [-0.25, -0.2) is 4.39 Å². The molecule has 2 fully saturated rings. The van der Waals surface area contributed by atoms with Crippen LogP contribution in [0.4, 0.5) is 4.39 Å². The number of likely N-dealkylation sites (tertiary alicyclic amines) is 1. The predicted molar refractivity (Wildman–Crippen MR) is 88.1 cm³/mol. The standard InChI is InChI=1S/C18H25FN2O3/c19-16-3-1-14(2-4-16)11-15-5-6-20(12-17(15)22)13-18(23)21-7-9-24-10-8-21/h1-4,15,17,22H,5-13H2/t15-,17+/m1/s1. The SMILES string of the molecule is O=C(CN1CC[C@H](Cc2ccc(F)cc2)[C@@H](O)C1)N1CCOCC1. The molecule has 2 aliphatic heterocycles. The lowest BCUT2D eigenvalue weighted by Gasteiger charge is -2.37. The molecule has 2 atom stereocenters. The summed E-state index contributed by atoms with van der Waals surface area (Å²) < 4.78 is 18.2. The average molecular weight is 336 g/mol. The minimum Gasteiger partial charge on any atom is -0.391 e. The second kappa shape index (κ2) is 8.05. The number of piperidine rings is 1. The molecule has 1 aromatic carbocycles. The van der Waals surface area contributed by atoms with Crippen LogP contribution in [0.1, 0.15) is 12.0 Å². The van der Waals surface area contributed by atoms with Gasteiger partial charge in [-0.1, -0.05) is 12.1 Å². The molecule has 24 heavy (non-hydrogen) atoms. The number of nitrogens with zero attached hydrogens (tertiary/aromatic N) is 2. The van der Waals surface area contributed by atoms with Gasteiger partial charge < -0.3 is 14.7 Å². The van der Waals surface area contributed by atoms with Gasteiger partial charge in [0.15, 0.2) is 0 Å². The van der Waals surface area contributed by atoms with Gasteiger partial charge in [0.2, 0.25) is 5.91 Å². The van der Waals surface area contributed by atoms with Crippen molar-refractivity contribution >= 4 is 5.91 Å². The lowest BCUT2D eigenvalue weighted by molar-refractivity contribution is -0.137. The minimum atomic E-state index is -0.457. The molecule has 0 bridgehead atoms. The number of carbonyl (C=O) groups excluding carboxylic acids is 1. The quantitative estimate of drug-likeness (QED) is 0.888. The Balaban J connectivity index is 1.47. The molecule has 1 amide bonds. The van der Waals surface area contributed by atoms with E-state index in [1.807, 2.05) is 9.80 Å². The van der Waals surface area contributed by atoms with Gasteiger partial charge in [0.1, 0.15) is 5.82 Å². The molecule has 0 radical (unpaired) electrons. The highest BCUT2D eigenvalue weighted by Gasteiger charge is 2.29. The van der Waals surface area contributed by atoms with E-state index in [4.69, 9.17) is 4.74 Å². The van der Waals surface area contributed by atoms with Crippen molar-refractivity contribution < 1.29 is 19.0 Å². The largest absolute Gasteiger partial charge is 0.391 e. The molecule has 2 heterocycles. The number of amides is 1. The summed E-state index contributed by atoms with van der Waals surface area (Å²) in [5, 5.41) is 10.4. The molecule has 2 saturated heterocycles. The van der Waals surface area contributed by atoms with E-state index in [-0.39, 0.29) is 17.6 Å². The van der Waals surface area contributed by atoms with Gasteiger partial charge >= 0.3 is 0 Å². The molecule has 3 rings (SSSR count). The smallest absolute Gasteiger partial charge is 0.236 e. The Morgan fingerprint density at radius 1 is 1.21 bits per heavy atom. The van der Waals surface area contributed by atoms with Crippen molar-refractivity contribution in [2.45, 2.75) is 18.9 Å². The second-order valence-corrected chi connectivity index (χ2v) is 6.67. The maximum atomic E-state index is 13.0. The maximum Gasteiger partial charge on any atom is 0.236 e. The Bertz CT molecular complexity index is 546. The van der Waals surface area contributed by atoms with E-state index >= 15 is 0 Å². The normalized spacial score (nSPS) is 25.7. The summed E-state index contributed by atoms with van der Waals surface area (Å²) >= 11 is 0. The van der Waals surface area contributed by atoms with E-state index in [9.17, 15) is 14.3 Å². The number of benzene rings is 1. The maximum absolute atomic E-state index is 13.0. The third kappa shape index (κ3) is 4.53. The highest BCUT2D eigenvalue weighted by atomic mass is 19.1. The van der Waals surface area contributed by atoms with Crippen molar-refractivity contribution in [2.75, 3.05) is 45.9 Å². The predicted octanol–water partition coefficient (Wildman–Crippen LogP) is 0.910. The van der Waals surface area contributed by atoms with Crippen molar-refractivity contribution in [3.8, 4) is 0 Å². The molecule has 1 N–H and O–H groups in total. The molecule has 0 unspecified atom stereocenters. The first kappa shape index (κ1) is 17.3. The topological polar surface area (TPSA) is 53.0 Å². The van der Waals surface area contributed by atoms with E-state index < -0.39 is 6.10 Å². The number of halogens is 1. The summed E-state index contributed by atoms with van der Waals surface area (Å²) in [7, 11) is 0. The molecular formula is C18H25FN2O3. The summed E-state index contributed by atoms with van der Waals surface area (Å²) in [6.07, 6.45) is 1.13. The summed E-state index contributed by atoms with van der Waals surface area (Å²) in [6, 6.07) is 6.46. The monoisotopic (exact) mass is 336 g/mol. The number of carbonyl (C=O) groups is 1. The van der Waals surface area contributed by atoms with E-state index in [0.717, 1.165) is 24.9 Å². The number of β-amino-alcohol motifs (C(OH)–C–C–N with tert-alkyl or cyclic N) is 1. The number of aliphatic hydroxyl groups excluding tert-OH is 1. The Hall–Kier alpha value is -1.50. The molecule has 2 aliphatic rings. The van der Waals surface area contributed by atoms with Gasteiger partial charge in [-0.05, 0) is 43.0 Å². The molecular weight excluding hydrogens is 311 g/mol. The second-order valence-electron chi connectivity index (χ2n) is 6.67. The average Bonchev–Trinajstić information content (AvgIpc) is 2.60. The van der Waals surface area contributed by atoms with E-state index in [1.165, 1.54) is 12.1 Å². The number of morpholine rings is 1. The Morgan fingerprint density at radius 2 is 1.92 bits per heavy atom. The lowest BCUT2D eigenvalue weighted by Crippen LogP contribution is -2.50. The van der Waals surface area contributed by atoms with Crippen LogP contribution in [0.2, 0.25) is 0 Å². The highest BCUT2D eigenvalue weighted by Crippen LogP contribution is 2.22. The number of hydrogen-bond acceptors (Lipinski definition) is 4. The zero-order valence-electron chi connectivity index (χ0n) is 13.9. The molecule has 0 aromatic heterocycles. The molecule has 132 valence electrons. The van der Waals surface area contributed by atoms with Crippen molar-refractivity contribution in [2.24, 2.45) is 5.92 Å². The van der Waals surface area contributed by atoms with Crippen LogP contribution in [0, 0.1) is 11.7 Å². The van der Waals surface area contributed by atoms with Gasteiger partial charge in [0, 0.05) is 19.6 Å². The summed E-state index contributed by atoms with van der Waals surface area (Å²) in [4.78, 5) is 16.2. The molecule has 1 aromatic rings. The van der Waals surface area contributed by atoms with E-state index in [2.05, 4.69) is 0 Å². The molecule has 0 saturated carbocycles. The van der Waals surface area contributed by atoms with Crippen molar-refractivity contribution in [1.82, 2.24) is 9.80 Å². The van der Waals surface area contributed by atoms with Crippen LogP contribution in [-0.2, 0) is 16.0 Å². The third-order valence-corrected chi connectivity index (χ3v) is 4.94. The van der Waals surface area contributed by atoms with Gasteiger partial charge in [0.25, 0.3) is 0 Å². The fourth-order valence-corrected chi connectivity index (χ4v) is 3.45. The zero-order valence-corrected chi connectivity index (χ0v) is 13.9. The summed E-state index contributed by atoms with van der Waals surface area (Å²) in [5.41, 5.74) is 1.04. The van der Waals surface area contributed by atoms with Crippen LogP contribution in [0.3, 0.4) is 0 Å². The Labute approximate surface area is 142 Å². The highest BCUT2D eigenvalue weighted by molar-refractivity contribution is 5.78. The molecule has 0 aliphatic carbocycles. The summed E-state index contributed by atoms with van der Waals surface area (Å²) in [5.74, 6) is 0.0310. The van der Waals surface area contributed by atoms with Crippen LogP contribution >= 0.6 is 0 Å². The molecule has 6 heteroatoms. The van der Waals surface area contributed by atoms with Crippen molar-refractivity contribution in [3.63, 3.8) is 0 Å². The fourth-order valence-electron chi connectivity index (χ4n) is 3.45. The van der Waals surface area contributed by atoms with Crippen LogP contribution < -0.4 is 0 Å². The molecule has 5 nitrogen and oxygen atoms in total. The first-order valence-corrected chi connectivity index (χ1v) is 8.62. The Kier molecular flexibility index (Phi) is 5.81. The van der Waals surface area contributed by atoms with E-state index in [1.54, 1.807) is 12.1 Å². The third-order valence-electron chi connectivity index (χ3n) is 4.94. The molecule has 0 spiro atoms. The number of aliphatic hydroxyl groups is 1. The van der Waals surface area contributed by atoms with Gasteiger partial charge in [-0.15, -0.1) is 0 Å². The van der Waals surface area contributed by atoms with Crippen LogP contribution in [-0.4, -0.2) is 72.9 Å². The van der Waals surface area contributed by atoms with E-state index in [0.29, 0.717) is 39.4 Å². The van der Waals surface area contributed by atoms with Gasteiger partial charge in [-0.3, -0.25) is 9.69 Å². The number of ether oxygens (including phenoxy) is 1. The van der Waals surface area contributed by atoms with Crippen LogP contribution in [0.25, 0.3) is 0 Å². The number of rotatable bonds is 4. The van der Waals surface area contributed by atoms with Crippen molar-refractivity contribution in [1.29, 1.82) is 0 Å². The first-order valence-electron chi connectivity index (χ1n) is 8.62. The number of hydrogen-bond donors (Lipinski definition) is 1. The van der Waals surface area contributed by atoms with Crippen LogP contribution in [0.15, 0.2) is 24.3 Å². The first-order chi connectivity index (χ1) is 11.6. The van der Waals surface area contributed by atoms with Crippen molar-refractivity contribution in [3.05, 3.63) is 35.6 Å². The van der Waals surface area contributed by atoms with Gasteiger partial charge in [0.05, 0.1) is 25.9 Å².